The Labute approximate surface area is 414 Å². The number of ether oxygens (including phenoxy) is 5. The van der Waals surface area contributed by atoms with Crippen LogP contribution in [0.25, 0.3) is 0 Å². The molecule has 1 fully saturated rings. The maximum atomic E-state index is 14.7. The Morgan fingerprint density at radius 2 is 1.04 bits per heavy atom. The van der Waals surface area contributed by atoms with E-state index in [2.05, 4.69) is 10.6 Å². The third kappa shape index (κ3) is 14.6. The van der Waals surface area contributed by atoms with Crippen LogP contribution < -0.4 is 16.4 Å². The van der Waals surface area contributed by atoms with Crippen molar-refractivity contribution >= 4 is 47.5 Å². The topological polar surface area (TPSA) is 236 Å². The summed E-state index contributed by atoms with van der Waals surface area (Å²) in [6.07, 6.45) is -11.0. The van der Waals surface area contributed by atoms with E-state index in [1.54, 1.807) is 30.3 Å². The van der Waals surface area contributed by atoms with Gasteiger partial charge in [0.15, 0.2) is 18.3 Å². The maximum Gasteiger partial charge on any atom is 0.338 e. The van der Waals surface area contributed by atoms with Crippen LogP contribution in [0, 0.1) is 23.3 Å². The molecule has 0 aromatic heterocycles. The summed E-state index contributed by atoms with van der Waals surface area (Å²) >= 11 is 0. The lowest BCUT2D eigenvalue weighted by Crippen LogP contribution is -2.64. The molecule has 0 unspecified atom stereocenters. The zero-order chi connectivity index (χ0) is 52.9. The number of amides is 4. The van der Waals surface area contributed by atoms with Crippen molar-refractivity contribution in [3.63, 3.8) is 0 Å². The lowest BCUT2D eigenvalue weighted by molar-refractivity contribution is -0.232. The summed E-state index contributed by atoms with van der Waals surface area (Å²) in [6, 6.07) is 20.5. The molecule has 1 heterocycles. The van der Waals surface area contributed by atoms with Crippen LogP contribution in [0.15, 0.2) is 127 Å². The molecular weight excluding hydrogens is 965 g/mol. The molecule has 5 aromatic carbocycles. The van der Waals surface area contributed by atoms with Crippen molar-refractivity contribution in [3.05, 3.63) is 178 Å². The number of carbonyl (C=O) groups excluding carboxylic acids is 8. The van der Waals surface area contributed by atoms with Gasteiger partial charge in [0.05, 0.1) is 22.3 Å². The smallest absolute Gasteiger partial charge is 0.338 e. The molecular formula is C52H48F4N4O13. The quantitative estimate of drug-likeness (QED) is 0.0574. The van der Waals surface area contributed by atoms with Gasteiger partial charge >= 0.3 is 23.9 Å². The first-order chi connectivity index (χ1) is 34.8. The summed E-state index contributed by atoms with van der Waals surface area (Å²) in [5.74, 6) is -12.2. The molecule has 0 aliphatic carbocycles. The molecule has 1 aliphatic rings. The van der Waals surface area contributed by atoms with E-state index >= 15 is 0 Å². The Balaban J connectivity index is 1.52. The minimum Gasteiger partial charge on any atom is -0.459 e. The first-order valence-electron chi connectivity index (χ1n) is 22.4. The van der Waals surface area contributed by atoms with Crippen molar-refractivity contribution < 1.29 is 79.6 Å². The number of nitrogens with zero attached hydrogens (tertiary/aromatic N) is 1. The Hall–Kier alpha value is -8.46. The number of primary amides is 1. The van der Waals surface area contributed by atoms with Gasteiger partial charge < -0.3 is 45.0 Å². The fraction of sp³-hybridized carbons (Fsp3) is 0.269. The Morgan fingerprint density at radius 1 is 0.603 bits per heavy atom. The number of benzene rings is 5. The number of hydrogen-bond donors (Lipinski definition) is 3. The van der Waals surface area contributed by atoms with Crippen LogP contribution in [0.5, 0.6) is 0 Å². The zero-order valence-corrected chi connectivity index (χ0v) is 39.2. The van der Waals surface area contributed by atoms with Gasteiger partial charge in [-0.2, -0.15) is 0 Å². The second kappa shape index (κ2) is 24.6. The molecule has 0 spiro atoms. The summed E-state index contributed by atoms with van der Waals surface area (Å²) in [7, 11) is 1.15. The standard InChI is InChI=1S/C52H48F4N4O13/c1-28(58-29(2)61)48(64)60(3)40(47(63)59-39(46(57)62)21-30-11-5-4-6-12-30)26-41-43(71-50(66)32-14-8-18-36(54)23-32)45(73-52(68)34-16-10-20-38(56)25-34)44(72-51(67)33-15-9-19-37(55)24-33)42(70-41)27-69-49(65)31-13-7-17-35(53)22-31/h4-20,22-25,28,39-45H,21,26-27H2,1-3H3,(H2,57,62)(H,58,61)(H,59,63)/t28-,39-,40-,41-,42+,43-,44+,45+/m0/s1. The first kappa shape index (κ1) is 53.9. The minimum atomic E-state index is -2.15. The van der Waals surface area contributed by atoms with Crippen molar-refractivity contribution in [2.45, 2.75) is 75.3 Å². The van der Waals surface area contributed by atoms with E-state index in [0.717, 1.165) is 97.7 Å². The van der Waals surface area contributed by atoms with Gasteiger partial charge in [0, 0.05) is 26.8 Å². The van der Waals surface area contributed by atoms with E-state index < -0.39 is 149 Å². The van der Waals surface area contributed by atoms with Crippen LogP contribution in [-0.4, -0.2) is 115 Å². The summed E-state index contributed by atoms with van der Waals surface area (Å²) in [5, 5.41) is 4.95. The molecule has 8 atom stereocenters. The summed E-state index contributed by atoms with van der Waals surface area (Å²) < 4.78 is 88.0. The Bertz CT molecular complexity index is 2860. The van der Waals surface area contributed by atoms with Crippen LogP contribution in [-0.2, 0) is 49.3 Å². The maximum absolute atomic E-state index is 14.7. The summed E-state index contributed by atoms with van der Waals surface area (Å²) in [4.78, 5) is 110. The van der Waals surface area contributed by atoms with Crippen molar-refractivity contribution in [1.29, 1.82) is 0 Å². The summed E-state index contributed by atoms with van der Waals surface area (Å²) in [5.41, 5.74) is 4.75. The molecule has 1 aliphatic heterocycles. The van der Waals surface area contributed by atoms with Gasteiger partial charge in [0.2, 0.25) is 23.6 Å². The molecule has 0 saturated carbocycles. The predicted octanol–water partition coefficient (Wildman–Crippen LogP) is 4.80. The third-order valence-electron chi connectivity index (χ3n) is 11.4. The number of carbonyl (C=O) groups is 8. The molecule has 6 rings (SSSR count). The zero-order valence-electron chi connectivity index (χ0n) is 39.2. The average Bonchev–Trinajstić information content (AvgIpc) is 3.35. The normalized spacial score (nSPS) is 18.4. The molecule has 17 nitrogen and oxygen atoms in total. The molecule has 73 heavy (non-hydrogen) atoms. The molecule has 1 saturated heterocycles. The number of nitrogens with two attached hydrogens (primary N) is 1. The van der Waals surface area contributed by atoms with E-state index in [9.17, 15) is 55.9 Å². The van der Waals surface area contributed by atoms with Crippen LogP contribution >= 0.6 is 0 Å². The predicted molar refractivity (Wildman–Crippen MR) is 248 cm³/mol. The van der Waals surface area contributed by atoms with E-state index in [-0.39, 0.29) is 12.0 Å². The molecule has 382 valence electrons. The van der Waals surface area contributed by atoms with E-state index in [1.165, 1.54) is 25.1 Å². The largest absolute Gasteiger partial charge is 0.459 e. The van der Waals surface area contributed by atoms with Crippen LogP contribution in [0.3, 0.4) is 0 Å². The first-order valence-corrected chi connectivity index (χ1v) is 22.4. The number of nitrogens with one attached hydrogen (secondary N) is 2. The lowest BCUT2D eigenvalue weighted by Gasteiger charge is -2.46. The van der Waals surface area contributed by atoms with Crippen molar-refractivity contribution in [2.24, 2.45) is 5.73 Å². The highest BCUT2D eigenvalue weighted by atomic mass is 19.1. The second-order valence-electron chi connectivity index (χ2n) is 16.7. The fourth-order valence-corrected chi connectivity index (χ4v) is 7.84. The number of esters is 4. The third-order valence-corrected chi connectivity index (χ3v) is 11.4. The van der Waals surface area contributed by atoms with Gasteiger partial charge in [-0.05, 0) is 85.3 Å². The second-order valence-corrected chi connectivity index (χ2v) is 16.7. The number of hydrogen-bond acceptors (Lipinski definition) is 13. The summed E-state index contributed by atoms with van der Waals surface area (Å²) in [6.45, 7) is 1.48. The molecule has 5 aromatic rings. The van der Waals surface area contributed by atoms with Crippen LogP contribution in [0.1, 0.15) is 67.3 Å². The lowest BCUT2D eigenvalue weighted by atomic mass is 9.89. The number of rotatable bonds is 19. The molecule has 4 N–H and O–H groups in total. The SMILES string of the molecule is CC(=O)N[C@@H](C)C(=O)N(C)[C@@H](C[C@@H]1O[C@H](COC(=O)c2cccc(F)c2)[C@@H](OC(=O)c2cccc(F)c2)[C@H](OC(=O)c2cccc(F)c2)[C@H]1OC(=O)c1cccc(F)c1)C(=O)N[C@@H](Cc1ccccc1)C(N)=O. The highest BCUT2D eigenvalue weighted by Crippen LogP contribution is 2.34. The fourth-order valence-electron chi connectivity index (χ4n) is 7.84. The Kier molecular flexibility index (Phi) is 18.1. The van der Waals surface area contributed by atoms with Gasteiger partial charge in [-0.1, -0.05) is 54.6 Å². The van der Waals surface area contributed by atoms with Gasteiger partial charge in [0.25, 0.3) is 0 Å². The minimum absolute atomic E-state index is 0.141. The van der Waals surface area contributed by atoms with Gasteiger partial charge in [-0.25, -0.2) is 36.7 Å². The van der Waals surface area contributed by atoms with E-state index in [1.807, 2.05) is 0 Å². The molecule has 0 radical (unpaired) electrons. The molecule has 4 amide bonds. The highest BCUT2D eigenvalue weighted by Gasteiger charge is 2.54. The van der Waals surface area contributed by atoms with Gasteiger partial charge in [-0.3, -0.25) is 19.2 Å². The van der Waals surface area contributed by atoms with E-state index in [4.69, 9.17) is 29.4 Å². The highest BCUT2D eigenvalue weighted by molar-refractivity contribution is 5.94. The van der Waals surface area contributed by atoms with Crippen molar-refractivity contribution in [1.82, 2.24) is 15.5 Å². The number of halogens is 4. The van der Waals surface area contributed by atoms with Crippen molar-refractivity contribution in [2.75, 3.05) is 13.7 Å². The molecule has 0 bridgehead atoms. The van der Waals surface area contributed by atoms with Gasteiger partial charge in [-0.15, -0.1) is 0 Å². The average molecular weight is 1010 g/mol. The monoisotopic (exact) mass is 1010 g/mol. The molecule has 21 heteroatoms. The van der Waals surface area contributed by atoms with Crippen molar-refractivity contribution in [3.8, 4) is 0 Å². The number of likely N-dealkylation sites (N-methyl/N-ethyl adjacent to an activating group) is 1. The van der Waals surface area contributed by atoms with Crippen LogP contribution in [0.4, 0.5) is 17.6 Å². The van der Waals surface area contributed by atoms with E-state index in [0.29, 0.717) is 5.56 Å². The van der Waals surface area contributed by atoms with Gasteiger partial charge in [0.1, 0.15) is 60.2 Å². The van der Waals surface area contributed by atoms with Crippen LogP contribution in [0.2, 0.25) is 0 Å². The Morgan fingerprint density at radius 3 is 1.48 bits per heavy atom.